The molecule has 0 aliphatic carbocycles. The predicted molar refractivity (Wildman–Crippen MR) is 89.6 cm³/mol. The average Bonchev–Trinajstić information content (AvgIpc) is 2.99. The SMILES string of the molecule is CC(=O)N1C[C@H](C)CN(C(=O)c2cccs2)c2ccccc21. The van der Waals surface area contributed by atoms with Crippen molar-refractivity contribution in [3.8, 4) is 0 Å². The molecule has 3 rings (SSSR count). The van der Waals surface area contributed by atoms with E-state index in [1.165, 1.54) is 11.3 Å². The molecule has 4 nitrogen and oxygen atoms in total. The summed E-state index contributed by atoms with van der Waals surface area (Å²) in [6.07, 6.45) is 0. The van der Waals surface area contributed by atoms with Crippen LogP contribution in [0, 0.1) is 5.92 Å². The minimum atomic E-state index is -0.000276. The van der Waals surface area contributed by atoms with E-state index in [0.29, 0.717) is 13.1 Å². The molecule has 1 aliphatic heterocycles. The van der Waals surface area contributed by atoms with Gasteiger partial charge in [-0.2, -0.15) is 0 Å². The number of nitrogens with zero attached hydrogens (tertiary/aromatic N) is 2. The van der Waals surface area contributed by atoms with Crippen molar-refractivity contribution in [1.29, 1.82) is 0 Å². The molecule has 2 aromatic rings. The van der Waals surface area contributed by atoms with E-state index in [9.17, 15) is 9.59 Å². The Bertz CT molecular complexity index is 696. The monoisotopic (exact) mass is 314 g/mol. The molecule has 1 aromatic carbocycles. The molecular formula is C17H18N2O2S. The van der Waals surface area contributed by atoms with Gasteiger partial charge in [0, 0.05) is 20.0 Å². The fourth-order valence-electron chi connectivity index (χ4n) is 2.82. The fourth-order valence-corrected chi connectivity index (χ4v) is 3.49. The van der Waals surface area contributed by atoms with Crippen molar-refractivity contribution in [1.82, 2.24) is 0 Å². The van der Waals surface area contributed by atoms with Gasteiger partial charge in [0.1, 0.15) is 0 Å². The van der Waals surface area contributed by atoms with Crippen LogP contribution in [0.2, 0.25) is 0 Å². The lowest BCUT2D eigenvalue weighted by Gasteiger charge is -2.24. The summed E-state index contributed by atoms with van der Waals surface area (Å²) in [5.74, 6) is 0.213. The second kappa shape index (κ2) is 5.93. The molecular weight excluding hydrogens is 296 g/mol. The van der Waals surface area contributed by atoms with Gasteiger partial charge in [0.2, 0.25) is 5.91 Å². The van der Waals surface area contributed by atoms with Crippen LogP contribution in [0.15, 0.2) is 41.8 Å². The number of hydrogen-bond donors (Lipinski definition) is 0. The van der Waals surface area contributed by atoms with Crippen LogP contribution in [-0.4, -0.2) is 24.9 Å². The van der Waals surface area contributed by atoms with Crippen LogP contribution in [-0.2, 0) is 4.79 Å². The van der Waals surface area contributed by atoms with Crippen LogP contribution in [0.4, 0.5) is 11.4 Å². The van der Waals surface area contributed by atoms with Gasteiger partial charge < -0.3 is 9.80 Å². The number of thiophene rings is 1. The minimum absolute atomic E-state index is 0.000276. The van der Waals surface area contributed by atoms with Crippen molar-refractivity contribution < 1.29 is 9.59 Å². The highest BCUT2D eigenvalue weighted by molar-refractivity contribution is 7.12. The van der Waals surface area contributed by atoms with Gasteiger partial charge in [-0.25, -0.2) is 0 Å². The number of carbonyl (C=O) groups is 2. The molecule has 0 saturated heterocycles. The van der Waals surface area contributed by atoms with E-state index < -0.39 is 0 Å². The van der Waals surface area contributed by atoms with E-state index >= 15 is 0 Å². The van der Waals surface area contributed by atoms with Crippen LogP contribution in [0.3, 0.4) is 0 Å². The third-order valence-electron chi connectivity index (χ3n) is 3.81. The summed E-state index contributed by atoms with van der Waals surface area (Å²) in [5, 5.41) is 1.91. The van der Waals surface area contributed by atoms with Crippen LogP contribution in [0.5, 0.6) is 0 Å². The number of carbonyl (C=O) groups excluding carboxylic acids is 2. The van der Waals surface area contributed by atoms with E-state index in [1.807, 2.05) is 41.8 Å². The third-order valence-corrected chi connectivity index (χ3v) is 4.67. The summed E-state index contributed by atoms with van der Waals surface area (Å²) >= 11 is 1.44. The average molecular weight is 314 g/mol. The minimum Gasteiger partial charge on any atom is -0.310 e. The zero-order valence-electron chi connectivity index (χ0n) is 12.7. The Morgan fingerprint density at radius 1 is 1.05 bits per heavy atom. The summed E-state index contributed by atoms with van der Waals surface area (Å²) in [5.41, 5.74) is 1.62. The topological polar surface area (TPSA) is 40.6 Å². The molecule has 22 heavy (non-hydrogen) atoms. The molecule has 0 radical (unpaired) electrons. The fraction of sp³-hybridized carbons (Fsp3) is 0.294. The Hall–Kier alpha value is -2.14. The van der Waals surface area contributed by atoms with Crippen LogP contribution < -0.4 is 9.80 Å². The molecule has 0 unspecified atom stereocenters. The van der Waals surface area contributed by atoms with Crippen LogP contribution in [0.1, 0.15) is 23.5 Å². The van der Waals surface area contributed by atoms with Crippen LogP contribution >= 0.6 is 11.3 Å². The van der Waals surface area contributed by atoms with Crippen molar-refractivity contribution in [2.45, 2.75) is 13.8 Å². The van der Waals surface area contributed by atoms with Crippen molar-refractivity contribution >= 4 is 34.5 Å². The quantitative estimate of drug-likeness (QED) is 0.809. The molecule has 1 aliphatic rings. The first kappa shape index (κ1) is 14.8. The third kappa shape index (κ3) is 2.64. The van der Waals surface area contributed by atoms with E-state index in [1.54, 1.807) is 16.7 Å². The maximum absolute atomic E-state index is 12.8. The lowest BCUT2D eigenvalue weighted by atomic mass is 10.1. The van der Waals surface area contributed by atoms with Gasteiger partial charge >= 0.3 is 0 Å². The number of para-hydroxylation sites is 2. The highest BCUT2D eigenvalue weighted by Crippen LogP contribution is 2.34. The van der Waals surface area contributed by atoms with Gasteiger partial charge in [0.25, 0.3) is 5.91 Å². The zero-order chi connectivity index (χ0) is 15.7. The van der Waals surface area contributed by atoms with E-state index in [2.05, 4.69) is 6.92 Å². The normalized spacial score (nSPS) is 17.8. The van der Waals surface area contributed by atoms with E-state index in [-0.39, 0.29) is 17.7 Å². The lowest BCUT2D eigenvalue weighted by Crippen LogP contribution is -2.35. The predicted octanol–water partition coefficient (Wildman–Crippen LogP) is 3.40. The Kier molecular flexibility index (Phi) is 3.98. The van der Waals surface area contributed by atoms with Crippen molar-refractivity contribution in [2.24, 2.45) is 5.92 Å². The lowest BCUT2D eigenvalue weighted by molar-refractivity contribution is -0.116. The summed E-state index contributed by atoms with van der Waals surface area (Å²) in [4.78, 5) is 29.1. The number of benzene rings is 1. The summed E-state index contributed by atoms with van der Waals surface area (Å²) < 4.78 is 0. The number of hydrogen-bond acceptors (Lipinski definition) is 3. The molecule has 0 saturated carbocycles. The molecule has 2 heterocycles. The van der Waals surface area contributed by atoms with Crippen molar-refractivity contribution in [3.05, 3.63) is 46.7 Å². The van der Waals surface area contributed by atoms with Crippen molar-refractivity contribution in [2.75, 3.05) is 22.9 Å². The van der Waals surface area contributed by atoms with Crippen LogP contribution in [0.25, 0.3) is 0 Å². The van der Waals surface area contributed by atoms with Crippen molar-refractivity contribution in [3.63, 3.8) is 0 Å². The molecule has 0 spiro atoms. The molecule has 114 valence electrons. The zero-order valence-corrected chi connectivity index (χ0v) is 13.5. The van der Waals surface area contributed by atoms with E-state index in [4.69, 9.17) is 0 Å². The maximum Gasteiger partial charge on any atom is 0.268 e. The molecule has 0 N–H and O–H groups in total. The number of fused-ring (bicyclic) bond motifs is 1. The highest BCUT2D eigenvalue weighted by atomic mass is 32.1. The standard InChI is InChI=1S/C17H18N2O2S/c1-12-10-18(13(2)20)14-6-3-4-7-15(14)19(11-12)17(21)16-8-5-9-22-16/h3-9,12H,10-11H2,1-2H3/t12-/m0/s1. The highest BCUT2D eigenvalue weighted by Gasteiger charge is 2.30. The first-order valence-electron chi connectivity index (χ1n) is 7.30. The Labute approximate surface area is 134 Å². The Morgan fingerprint density at radius 3 is 2.27 bits per heavy atom. The summed E-state index contributed by atoms with van der Waals surface area (Å²) in [7, 11) is 0. The summed E-state index contributed by atoms with van der Waals surface area (Å²) in [6.45, 7) is 4.87. The number of rotatable bonds is 1. The molecule has 1 atom stereocenters. The number of amides is 2. The molecule has 5 heteroatoms. The molecule has 1 aromatic heterocycles. The largest absolute Gasteiger partial charge is 0.310 e. The number of anilines is 2. The second-order valence-electron chi connectivity index (χ2n) is 5.62. The van der Waals surface area contributed by atoms with Gasteiger partial charge in [-0.1, -0.05) is 25.1 Å². The Morgan fingerprint density at radius 2 is 1.68 bits per heavy atom. The first-order chi connectivity index (χ1) is 10.6. The Balaban J connectivity index is 2.08. The van der Waals surface area contributed by atoms with Gasteiger partial charge in [-0.05, 0) is 29.5 Å². The molecule has 0 bridgehead atoms. The van der Waals surface area contributed by atoms with Gasteiger partial charge in [-0.3, -0.25) is 9.59 Å². The first-order valence-corrected chi connectivity index (χ1v) is 8.18. The smallest absolute Gasteiger partial charge is 0.268 e. The second-order valence-corrected chi connectivity index (χ2v) is 6.56. The maximum atomic E-state index is 12.8. The molecule has 2 amide bonds. The summed E-state index contributed by atoms with van der Waals surface area (Å²) in [6, 6.07) is 11.3. The van der Waals surface area contributed by atoms with E-state index in [0.717, 1.165) is 16.3 Å². The van der Waals surface area contributed by atoms with Gasteiger partial charge in [-0.15, -0.1) is 11.3 Å². The van der Waals surface area contributed by atoms with Gasteiger partial charge in [0.05, 0.1) is 16.3 Å². The molecule has 0 fully saturated rings. The van der Waals surface area contributed by atoms with Gasteiger partial charge in [0.15, 0.2) is 0 Å².